The van der Waals surface area contributed by atoms with Gasteiger partial charge < -0.3 is 14.6 Å². The number of nitrogens with zero attached hydrogens (tertiary/aromatic N) is 4. The average molecular weight is 343 g/mol. The maximum absolute atomic E-state index is 11.9. The first-order chi connectivity index (χ1) is 12.2. The molecule has 0 aromatic carbocycles. The van der Waals surface area contributed by atoms with Gasteiger partial charge >= 0.3 is 0 Å². The third-order valence-corrected chi connectivity index (χ3v) is 4.52. The van der Waals surface area contributed by atoms with Gasteiger partial charge in [-0.1, -0.05) is 0 Å². The van der Waals surface area contributed by atoms with E-state index in [-0.39, 0.29) is 11.5 Å². The maximum Gasteiger partial charge on any atom is 0.220 e. The van der Waals surface area contributed by atoms with Gasteiger partial charge in [-0.2, -0.15) is 0 Å². The molecule has 0 saturated carbocycles. The van der Waals surface area contributed by atoms with Crippen LogP contribution in [0, 0.1) is 0 Å². The maximum atomic E-state index is 11.9. The van der Waals surface area contributed by atoms with Crippen molar-refractivity contribution in [2.75, 3.05) is 6.61 Å². The standard InChI is InChI=1S/C18H25N5O2/c1-18(6-2-3-10-25-18)17-21-12-15(13-22-17)11-20-16(24)5-4-8-23-9-7-19-14-23/h7,9,12-14H,2-6,8,10-11H2,1H3,(H,20,24)/t18-/m1/s1. The van der Waals surface area contributed by atoms with Gasteiger partial charge in [0.05, 0.1) is 6.33 Å². The number of hydrogen-bond acceptors (Lipinski definition) is 5. The topological polar surface area (TPSA) is 81.9 Å². The summed E-state index contributed by atoms with van der Waals surface area (Å²) in [4.78, 5) is 24.8. The van der Waals surface area contributed by atoms with Crippen molar-refractivity contribution >= 4 is 5.91 Å². The van der Waals surface area contributed by atoms with Gasteiger partial charge in [0.15, 0.2) is 5.82 Å². The molecule has 2 aromatic heterocycles. The predicted molar refractivity (Wildman–Crippen MR) is 92.5 cm³/mol. The number of carbonyl (C=O) groups is 1. The van der Waals surface area contributed by atoms with Crippen LogP contribution in [0.4, 0.5) is 0 Å². The zero-order valence-electron chi connectivity index (χ0n) is 14.6. The van der Waals surface area contributed by atoms with Gasteiger partial charge in [0.2, 0.25) is 5.91 Å². The molecule has 1 amide bonds. The summed E-state index contributed by atoms with van der Waals surface area (Å²) >= 11 is 0. The molecule has 134 valence electrons. The molecule has 0 unspecified atom stereocenters. The summed E-state index contributed by atoms with van der Waals surface area (Å²) in [5, 5.41) is 2.91. The van der Waals surface area contributed by atoms with E-state index in [1.54, 1.807) is 24.9 Å². The molecule has 7 nitrogen and oxygen atoms in total. The minimum absolute atomic E-state index is 0.0340. The highest BCUT2D eigenvalue weighted by atomic mass is 16.5. The summed E-state index contributed by atoms with van der Waals surface area (Å²) in [7, 11) is 0. The van der Waals surface area contributed by atoms with Crippen LogP contribution in [0.2, 0.25) is 0 Å². The lowest BCUT2D eigenvalue weighted by atomic mass is 9.95. The molecule has 25 heavy (non-hydrogen) atoms. The van der Waals surface area contributed by atoms with Crippen molar-refractivity contribution in [1.29, 1.82) is 0 Å². The van der Waals surface area contributed by atoms with Crippen molar-refractivity contribution in [3.63, 3.8) is 0 Å². The number of rotatable bonds is 7. The van der Waals surface area contributed by atoms with Crippen LogP contribution in [-0.4, -0.2) is 32.0 Å². The summed E-state index contributed by atoms with van der Waals surface area (Å²) in [6, 6.07) is 0. The molecule has 1 aliphatic heterocycles. The molecular formula is C18H25N5O2. The van der Waals surface area contributed by atoms with Gasteiger partial charge in [-0.3, -0.25) is 4.79 Å². The molecule has 0 bridgehead atoms. The molecule has 2 aromatic rings. The number of aromatic nitrogens is 4. The third kappa shape index (κ3) is 4.85. The normalized spacial score (nSPS) is 20.4. The van der Waals surface area contributed by atoms with Crippen molar-refractivity contribution in [1.82, 2.24) is 24.8 Å². The Morgan fingerprint density at radius 2 is 2.20 bits per heavy atom. The van der Waals surface area contributed by atoms with E-state index in [0.29, 0.717) is 13.0 Å². The smallest absolute Gasteiger partial charge is 0.220 e. The second-order valence-electron chi connectivity index (χ2n) is 6.63. The van der Waals surface area contributed by atoms with Gasteiger partial charge in [0.25, 0.3) is 0 Å². The molecule has 3 rings (SSSR count). The van der Waals surface area contributed by atoms with Crippen LogP contribution >= 0.6 is 0 Å². The third-order valence-electron chi connectivity index (χ3n) is 4.52. The molecule has 1 N–H and O–H groups in total. The van der Waals surface area contributed by atoms with Gasteiger partial charge in [-0.05, 0) is 32.6 Å². The van der Waals surface area contributed by atoms with Crippen LogP contribution in [0.3, 0.4) is 0 Å². The summed E-state index contributed by atoms with van der Waals surface area (Å²) in [6.45, 7) is 4.05. The Balaban J connectivity index is 1.42. The van der Waals surface area contributed by atoms with Crippen LogP contribution in [0.25, 0.3) is 0 Å². The highest BCUT2D eigenvalue weighted by Crippen LogP contribution is 2.32. The second kappa shape index (κ2) is 8.20. The lowest BCUT2D eigenvalue weighted by molar-refractivity contribution is -0.121. The van der Waals surface area contributed by atoms with Crippen molar-refractivity contribution in [3.05, 3.63) is 42.5 Å². The lowest BCUT2D eigenvalue weighted by Crippen LogP contribution is -2.32. The fourth-order valence-electron chi connectivity index (χ4n) is 2.96. The van der Waals surface area contributed by atoms with Crippen molar-refractivity contribution < 1.29 is 9.53 Å². The van der Waals surface area contributed by atoms with E-state index in [0.717, 1.165) is 50.2 Å². The van der Waals surface area contributed by atoms with Gasteiger partial charge in [0, 0.05) is 56.5 Å². The molecule has 7 heteroatoms. The quantitative estimate of drug-likeness (QED) is 0.833. The molecule has 1 aliphatic rings. The minimum Gasteiger partial charge on any atom is -0.367 e. The highest BCUT2D eigenvalue weighted by molar-refractivity contribution is 5.75. The van der Waals surface area contributed by atoms with E-state index in [1.807, 2.05) is 17.7 Å². The van der Waals surface area contributed by atoms with Crippen LogP contribution in [0.15, 0.2) is 31.1 Å². The Kier molecular flexibility index (Phi) is 5.75. The van der Waals surface area contributed by atoms with Crippen molar-refractivity contribution in [2.24, 2.45) is 0 Å². The minimum atomic E-state index is -0.382. The second-order valence-corrected chi connectivity index (χ2v) is 6.63. The largest absolute Gasteiger partial charge is 0.367 e. The average Bonchev–Trinajstić information content (AvgIpc) is 3.14. The molecule has 0 spiro atoms. The summed E-state index contributed by atoms with van der Waals surface area (Å²) in [6.07, 6.45) is 13.4. The highest BCUT2D eigenvalue weighted by Gasteiger charge is 2.32. The first-order valence-electron chi connectivity index (χ1n) is 8.83. The van der Waals surface area contributed by atoms with E-state index in [1.165, 1.54) is 0 Å². The Labute approximate surface area is 147 Å². The van der Waals surface area contributed by atoms with Gasteiger partial charge in [0.1, 0.15) is 5.60 Å². The van der Waals surface area contributed by atoms with E-state index in [4.69, 9.17) is 4.74 Å². The van der Waals surface area contributed by atoms with Crippen LogP contribution < -0.4 is 5.32 Å². The van der Waals surface area contributed by atoms with E-state index in [9.17, 15) is 4.79 Å². The summed E-state index contributed by atoms with van der Waals surface area (Å²) < 4.78 is 7.83. The molecular weight excluding hydrogens is 318 g/mol. The Hall–Kier alpha value is -2.28. The number of ether oxygens (including phenoxy) is 1. The lowest BCUT2D eigenvalue weighted by Gasteiger charge is -2.32. The Morgan fingerprint density at radius 1 is 1.36 bits per heavy atom. The zero-order valence-corrected chi connectivity index (χ0v) is 14.6. The van der Waals surface area contributed by atoms with E-state index in [2.05, 4.69) is 20.3 Å². The Morgan fingerprint density at radius 3 is 2.88 bits per heavy atom. The van der Waals surface area contributed by atoms with Gasteiger partial charge in [-0.25, -0.2) is 15.0 Å². The number of hydrogen-bond donors (Lipinski definition) is 1. The monoisotopic (exact) mass is 343 g/mol. The number of amides is 1. The van der Waals surface area contributed by atoms with Crippen molar-refractivity contribution in [3.8, 4) is 0 Å². The first kappa shape index (κ1) is 17.5. The number of imidazole rings is 1. The number of aryl methyl sites for hydroxylation is 1. The molecule has 0 aliphatic carbocycles. The van der Waals surface area contributed by atoms with E-state index >= 15 is 0 Å². The first-order valence-corrected chi connectivity index (χ1v) is 8.83. The number of nitrogens with one attached hydrogen (secondary N) is 1. The molecule has 3 heterocycles. The van der Waals surface area contributed by atoms with Crippen LogP contribution in [0.1, 0.15) is 50.4 Å². The Bertz CT molecular complexity index is 663. The van der Waals surface area contributed by atoms with Gasteiger partial charge in [-0.15, -0.1) is 0 Å². The molecule has 1 saturated heterocycles. The van der Waals surface area contributed by atoms with Crippen LogP contribution in [-0.2, 0) is 28.2 Å². The molecule has 0 radical (unpaired) electrons. The zero-order chi connectivity index (χ0) is 17.5. The van der Waals surface area contributed by atoms with Crippen molar-refractivity contribution in [2.45, 2.75) is 57.7 Å². The number of carbonyl (C=O) groups excluding carboxylic acids is 1. The van der Waals surface area contributed by atoms with Crippen LogP contribution in [0.5, 0.6) is 0 Å². The SMILES string of the molecule is C[C@]1(c2ncc(CNC(=O)CCCn3ccnc3)cn2)CCCCO1. The summed E-state index contributed by atoms with van der Waals surface area (Å²) in [5.74, 6) is 0.759. The predicted octanol–water partition coefficient (Wildman–Crippen LogP) is 2.19. The molecule has 1 atom stereocenters. The molecule has 1 fully saturated rings. The fraction of sp³-hybridized carbons (Fsp3) is 0.556. The summed E-state index contributed by atoms with van der Waals surface area (Å²) in [5.41, 5.74) is 0.513. The van der Waals surface area contributed by atoms with E-state index < -0.39 is 0 Å². The fourth-order valence-corrected chi connectivity index (χ4v) is 2.96.